The summed E-state index contributed by atoms with van der Waals surface area (Å²) in [5.41, 5.74) is 15.5. The second kappa shape index (κ2) is 14.5. The van der Waals surface area contributed by atoms with Crippen molar-refractivity contribution in [2.24, 2.45) is 0 Å². The van der Waals surface area contributed by atoms with E-state index in [4.69, 9.17) is 6.85 Å². The zero-order valence-corrected chi connectivity index (χ0v) is 34.4. The predicted molar refractivity (Wildman–Crippen MR) is 247 cm³/mol. The van der Waals surface area contributed by atoms with Crippen molar-refractivity contribution < 1.29 is 6.85 Å². The van der Waals surface area contributed by atoms with Gasteiger partial charge in [-0.2, -0.15) is 0 Å². The van der Waals surface area contributed by atoms with E-state index in [2.05, 4.69) is 177 Å². The van der Waals surface area contributed by atoms with Crippen LogP contribution in [0.2, 0.25) is 0 Å². The Bertz CT molecular complexity index is 2950. The number of hydrogen-bond acceptors (Lipinski definition) is 1. The van der Waals surface area contributed by atoms with E-state index in [1.165, 1.54) is 27.8 Å². The van der Waals surface area contributed by atoms with Gasteiger partial charge in [-0.1, -0.05) is 196 Å². The average molecular weight is 806 g/mol. The van der Waals surface area contributed by atoms with Gasteiger partial charge in [0.2, 0.25) is 0 Å². The van der Waals surface area contributed by atoms with Crippen molar-refractivity contribution in [1.82, 2.24) is 0 Å². The highest BCUT2D eigenvalue weighted by molar-refractivity contribution is 9.10. The Morgan fingerprint density at radius 3 is 1.72 bits per heavy atom. The maximum Gasteiger partial charge on any atom is 0.0629 e. The molecule has 8 aromatic carbocycles. The van der Waals surface area contributed by atoms with E-state index in [9.17, 15) is 0 Å². The van der Waals surface area contributed by atoms with Crippen LogP contribution >= 0.6 is 15.9 Å². The average Bonchev–Trinajstić information content (AvgIpc) is 3.51. The minimum absolute atomic E-state index is 0.156. The minimum Gasteiger partial charge on any atom is -0.309 e. The predicted octanol–water partition coefficient (Wildman–Crippen LogP) is 16.2. The molecule has 0 saturated carbocycles. The van der Waals surface area contributed by atoms with Crippen molar-refractivity contribution in [2.45, 2.75) is 45.4 Å². The molecule has 57 heavy (non-hydrogen) atoms. The van der Waals surface area contributed by atoms with Crippen LogP contribution in [-0.4, -0.2) is 0 Å². The zero-order valence-electron chi connectivity index (χ0n) is 37.8. The maximum absolute atomic E-state index is 8.95. The minimum atomic E-state index is -0.416. The topological polar surface area (TPSA) is 3.24 Å². The molecular formula is C55H46BrN. The fourth-order valence-corrected chi connectivity index (χ4v) is 8.92. The molecule has 0 radical (unpaired) electrons. The van der Waals surface area contributed by atoms with Crippen molar-refractivity contribution in [2.75, 3.05) is 4.90 Å². The van der Waals surface area contributed by atoms with Crippen LogP contribution < -0.4 is 4.90 Å². The molecular weight excluding hydrogens is 755 g/mol. The van der Waals surface area contributed by atoms with Crippen molar-refractivity contribution in [3.05, 3.63) is 209 Å². The summed E-state index contributed by atoms with van der Waals surface area (Å²) >= 11 is 3.98. The van der Waals surface area contributed by atoms with Crippen LogP contribution in [-0.2, 0) is 10.8 Å². The summed E-state index contributed by atoms with van der Waals surface area (Å²) in [4.78, 5) is 2.28. The summed E-state index contributed by atoms with van der Waals surface area (Å²) < 4.78 is 44.2. The molecule has 0 aliphatic heterocycles. The van der Waals surface area contributed by atoms with Crippen LogP contribution in [0.1, 0.15) is 58.2 Å². The summed E-state index contributed by atoms with van der Waals surface area (Å²) in [7, 11) is 0. The number of rotatable bonds is 7. The Kier molecular flexibility index (Phi) is 7.94. The first-order valence-corrected chi connectivity index (χ1v) is 20.3. The van der Waals surface area contributed by atoms with Crippen molar-refractivity contribution in [3.8, 4) is 55.6 Å². The zero-order chi connectivity index (χ0) is 43.7. The van der Waals surface area contributed by atoms with Crippen LogP contribution in [0, 0.1) is 0 Å². The Balaban J connectivity index is 1.39. The number of halogens is 1. The van der Waals surface area contributed by atoms with Crippen LogP contribution in [0.4, 0.5) is 17.1 Å². The van der Waals surface area contributed by atoms with Crippen LogP contribution in [0.25, 0.3) is 55.6 Å². The third kappa shape index (κ3) is 6.73. The second-order valence-electron chi connectivity index (χ2n) is 16.4. The first kappa shape index (κ1) is 31.2. The number of benzene rings is 8. The third-order valence-corrected chi connectivity index (χ3v) is 11.8. The van der Waals surface area contributed by atoms with E-state index >= 15 is 0 Å². The lowest BCUT2D eigenvalue weighted by Gasteiger charge is -2.33. The molecule has 0 unspecified atom stereocenters. The molecule has 0 heterocycles. The maximum atomic E-state index is 8.95. The molecule has 1 nitrogen and oxygen atoms in total. The largest absolute Gasteiger partial charge is 0.309 e. The molecule has 2 heteroatoms. The second-order valence-corrected chi connectivity index (χ2v) is 17.3. The van der Waals surface area contributed by atoms with Gasteiger partial charge in [0, 0.05) is 32.4 Å². The van der Waals surface area contributed by atoms with E-state index in [-0.39, 0.29) is 40.6 Å². The van der Waals surface area contributed by atoms with E-state index in [0.29, 0.717) is 5.56 Å². The molecule has 9 rings (SSSR count). The smallest absolute Gasteiger partial charge is 0.0629 e. The molecule has 1 aliphatic carbocycles. The van der Waals surface area contributed by atoms with Crippen LogP contribution in [0.3, 0.4) is 0 Å². The van der Waals surface area contributed by atoms with Gasteiger partial charge in [-0.05, 0) is 109 Å². The number of nitrogens with zero attached hydrogens (tertiary/aromatic N) is 1. The molecule has 8 aromatic rings. The Morgan fingerprint density at radius 1 is 0.491 bits per heavy atom. The summed E-state index contributed by atoms with van der Waals surface area (Å²) in [5, 5.41) is 0. The van der Waals surface area contributed by atoms with Gasteiger partial charge in [0.1, 0.15) is 0 Å². The van der Waals surface area contributed by atoms with Gasteiger partial charge in [0.15, 0.2) is 0 Å². The highest BCUT2D eigenvalue weighted by Crippen LogP contribution is 2.54. The molecule has 0 N–H and O–H groups in total. The van der Waals surface area contributed by atoms with Gasteiger partial charge >= 0.3 is 0 Å². The fourth-order valence-electron chi connectivity index (χ4n) is 8.44. The van der Waals surface area contributed by atoms with E-state index in [0.717, 1.165) is 54.9 Å². The van der Waals surface area contributed by atoms with Gasteiger partial charge in [0.05, 0.1) is 12.5 Å². The first-order valence-electron chi connectivity index (χ1n) is 22.0. The Morgan fingerprint density at radius 2 is 1.05 bits per heavy atom. The van der Waals surface area contributed by atoms with Gasteiger partial charge in [-0.15, -0.1) is 0 Å². The molecule has 0 aromatic heterocycles. The lowest BCUT2D eigenvalue weighted by atomic mass is 9.81. The van der Waals surface area contributed by atoms with Gasteiger partial charge in [-0.3, -0.25) is 0 Å². The normalized spacial score (nSPS) is 14.1. The molecule has 0 spiro atoms. The number of fused-ring (bicyclic) bond motifs is 3. The van der Waals surface area contributed by atoms with Crippen molar-refractivity contribution >= 4 is 33.0 Å². The van der Waals surface area contributed by atoms with Gasteiger partial charge in [-0.25, -0.2) is 0 Å². The molecule has 0 fully saturated rings. The lowest BCUT2D eigenvalue weighted by molar-refractivity contribution is 0.591. The molecule has 0 atom stereocenters. The fraction of sp³-hybridized carbons (Fsp3) is 0.127. The molecule has 0 bridgehead atoms. The molecule has 278 valence electrons. The Labute approximate surface area is 353 Å². The highest BCUT2D eigenvalue weighted by Gasteiger charge is 2.37. The Hall–Kier alpha value is -5.96. The van der Waals surface area contributed by atoms with Crippen LogP contribution in [0.15, 0.2) is 192 Å². The van der Waals surface area contributed by atoms with E-state index < -0.39 is 6.04 Å². The van der Waals surface area contributed by atoms with E-state index in [1.54, 1.807) is 0 Å². The van der Waals surface area contributed by atoms with Crippen molar-refractivity contribution in [1.29, 1.82) is 0 Å². The number of hydrogen-bond donors (Lipinski definition) is 0. The molecule has 1 aliphatic rings. The van der Waals surface area contributed by atoms with Crippen molar-refractivity contribution in [3.63, 3.8) is 0 Å². The lowest BCUT2D eigenvalue weighted by Crippen LogP contribution is -2.16. The quantitative estimate of drug-likeness (QED) is 0.155. The monoisotopic (exact) mass is 804 g/mol. The number of anilines is 3. The summed E-state index contributed by atoms with van der Waals surface area (Å²) in [5.74, 6) is 0. The SMILES string of the molecule is [2H]c1c([2H])c([2H])c(-c2cccc(N(c3cc(Br)cc(-c4cccc5c4-c4ccccc4C5(C)C)c3)c3c(-c4ccccc4)cc(C(C)(C)C)cc3-c3ccccc3)c2)c([2H])c1[2H]. The molecule has 0 saturated heterocycles. The van der Waals surface area contributed by atoms with Gasteiger partial charge < -0.3 is 4.90 Å². The van der Waals surface area contributed by atoms with Crippen LogP contribution in [0.5, 0.6) is 0 Å². The highest BCUT2D eigenvalue weighted by atomic mass is 79.9. The standard InChI is InChI=1S/C55H46BrN/c1-54(2,3)42-34-48(38-21-11-7-12-22-38)53(49(35-42)39-23-13-8-14-24-39)57(44-26-17-25-40(32-44)37-19-9-6-10-20-37)45-33-41(31-43(56)36-45)46-28-18-30-51-52(46)47-27-15-16-29-50(47)55(51,4)5/h6-36H,1-5H3/i6D,9D,10D,19D,20D. The third-order valence-electron chi connectivity index (χ3n) is 11.3. The summed E-state index contributed by atoms with van der Waals surface area (Å²) in [6, 6.07) is 53.6. The van der Waals surface area contributed by atoms with Gasteiger partial charge in [0.25, 0.3) is 0 Å². The van der Waals surface area contributed by atoms with E-state index in [1.807, 2.05) is 36.4 Å². The summed E-state index contributed by atoms with van der Waals surface area (Å²) in [6.07, 6.45) is 0. The summed E-state index contributed by atoms with van der Waals surface area (Å²) in [6.45, 7) is 11.3. The first-order chi connectivity index (χ1) is 29.6. The molecule has 0 amide bonds.